The van der Waals surface area contributed by atoms with Crippen molar-refractivity contribution in [2.75, 3.05) is 12.9 Å². The molecule has 0 bridgehead atoms. The van der Waals surface area contributed by atoms with Crippen LogP contribution in [0.4, 0.5) is 0 Å². The monoisotopic (exact) mass is 216 g/mol. The van der Waals surface area contributed by atoms with Crippen LogP contribution in [0.1, 0.15) is 6.92 Å². The first-order valence-electron chi connectivity index (χ1n) is 4.13. The van der Waals surface area contributed by atoms with Gasteiger partial charge in [-0.2, -0.15) is 0 Å². The Hall–Kier alpha value is -1.17. The summed E-state index contributed by atoms with van der Waals surface area (Å²) < 4.78 is 4.85. The minimum atomic E-state index is -1.18. The maximum atomic E-state index is 11.5. The van der Waals surface area contributed by atoms with Gasteiger partial charge in [-0.25, -0.2) is 4.79 Å². The summed E-state index contributed by atoms with van der Waals surface area (Å²) >= 11 is 1.18. The molecule has 0 radical (unpaired) electrons. The van der Waals surface area contributed by atoms with Crippen molar-refractivity contribution in [2.45, 2.75) is 11.9 Å². The Kier molecular flexibility index (Phi) is 3.40. The molecule has 0 aliphatic carbocycles. The third kappa shape index (κ3) is 2.01. The summed E-state index contributed by atoms with van der Waals surface area (Å²) in [7, 11) is 0. The van der Waals surface area contributed by atoms with Gasteiger partial charge in [0.15, 0.2) is 0 Å². The van der Waals surface area contributed by atoms with Gasteiger partial charge in [-0.15, -0.1) is 11.8 Å². The van der Waals surface area contributed by atoms with Crippen molar-refractivity contribution < 1.29 is 14.3 Å². The molecule has 14 heavy (non-hydrogen) atoms. The van der Waals surface area contributed by atoms with E-state index in [0.717, 1.165) is 0 Å². The van der Waals surface area contributed by atoms with Gasteiger partial charge in [0.05, 0.1) is 6.61 Å². The van der Waals surface area contributed by atoms with Crippen LogP contribution in [-0.4, -0.2) is 29.7 Å². The molecular weight excluding hydrogens is 204 g/mol. The zero-order valence-electron chi connectivity index (χ0n) is 7.99. The molecule has 78 valence electrons. The van der Waals surface area contributed by atoms with E-state index in [4.69, 9.17) is 4.74 Å². The first-order chi connectivity index (χ1) is 6.64. The number of ether oxygens (including phenoxy) is 1. The fourth-order valence-corrected chi connectivity index (χ4v) is 1.64. The molecule has 0 fully saturated rings. The van der Waals surface area contributed by atoms with Crippen LogP contribution in [0.3, 0.4) is 0 Å². The van der Waals surface area contributed by atoms with E-state index in [1.165, 1.54) is 24.0 Å². The normalized spacial score (nSPS) is 25.1. The second-order valence-corrected chi connectivity index (χ2v) is 3.59. The largest absolute Gasteiger partial charge is 0.462 e. The molecule has 0 aromatic rings. The Labute approximate surface area is 86.3 Å². The average molecular weight is 216 g/mol. The molecule has 5 nitrogen and oxygen atoms in total. The summed E-state index contributed by atoms with van der Waals surface area (Å²) in [6.45, 7) is 1.99. The fraction of sp³-hybridized carbons (Fsp3) is 0.500. The molecule has 0 spiro atoms. The Morgan fingerprint density at radius 3 is 2.93 bits per heavy atom. The first-order valence-corrected chi connectivity index (χ1v) is 5.36. The molecule has 2 N–H and O–H groups in total. The number of carbonyl (C=O) groups excluding carboxylic acids is 2. The molecule has 1 atom stereocenters. The highest BCUT2D eigenvalue weighted by Crippen LogP contribution is 2.20. The van der Waals surface area contributed by atoms with Crippen LogP contribution in [0.5, 0.6) is 0 Å². The number of hydrogen-bond acceptors (Lipinski definition) is 5. The van der Waals surface area contributed by atoms with E-state index >= 15 is 0 Å². The van der Waals surface area contributed by atoms with Gasteiger partial charge in [0, 0.05) is 12.3 Å². The minimum absolute atomic E-state index is 0.280. The van der Waals surface area contributed by atoms with E-state index in [1.54, 1.807) is 13.2 Å². The number of nitrogens with one attached hydrogen (secondary N) is 2. The number of thioether (sulfide) groups is 1. The highest BCUT2D eigenvalue weighted by Gasteiger charge is 2.41. The fourth-order valence-electron chi connectivity index (χ4n) is 1.02. The molecule has 1 rings (SSSR count). The summed E-state index contributed by atoms with van der Waals surface area (Å²) in [6.07, 6.45) is 4.46. The predicted molar refractivity (Wildman–Crippen MR) is 53.3 cm³/mol. The third-order valence-electron chi connectivity index (χ3n) is 1.69. The predicted octanol–water partition coefficient (Wildman–Crippen LogP) is -0.201. The van der Waals surface area contributed by atoms with Crippen molar-refractivity contribution in [1.29, 1.82) is 0 Å². The minimum Gasteiger partial charge on any atom is -0.462 e. The van der Waals surface area contributed by atoms with Gasteiger partial charge in [0.25, 0.3) is 4.99 Å². The Morgan fingerprint density at radius 2 is 2.43 bits per heavy atom. The van der Waals surface area contributed by atoms with Gasteiger partial charge in [-0.05, 0) is 13.2 Å². The van der Waals surface area contributed by atoms with Crippen molar-refractivity contribution >= 4 is 23.6 Å². The van der Waals surface area contributed by atoms with Crippen LogP contribution in [-0.2, 0) is 14.3 Å². The third-order valence-corrected chi connectivity index (χ3v) is 2.69. The van der Waals surface area contributed by atoms with Crippen LogP contribution < -0.4 is 10.6 Å². The highest BCUT2D eigenvalue weighted by molar-refractivity contribution is 8.00. The molecular formula is C8H12N2O3S. The maximum absolute atomic E-state index is 11.5. The Bertz CT molecular complexity index is 280. The van der Waals surface area contributed by atoms with E-state index in [9.17, 15) is 9.59 Å². The van der Waals surface area contributed by atoms with E-state index < -0.39 is 11.0 Å². The van der Waals surface area contributed by atoms with Gasteiger partial charge in [-0.3, -0.25) is 4.79 Å². The molecule has 1 amide bonds. The molecule has 0 aromatic heterocycles. The lowest BCUT2D eigenvalue weighted by Crippen LogP contribution is -2.62. The van der Waals surface area contributed by atoms with E-state index in [-0.39, 0.29) is 12.5 Å². The zero-order chi connectivity index (χ0) is 10.6. The summed E-state index contributed by atoms with van der Waals surface area (Å²) in [5.41, 5.74) is 0. The Balaban J connectivity index is 2.81. The van der Waals surface area contributed by atoms with Gasteiger partial charge in [0.1, 0.15) is 0 Å². The SMILES string of the molecule is CCOC(=O)C1(SC)NC=CC(=O)N1. The quantitative estimate of drug-likeness (QED) is 0.639. The summed E-state index contributed by atoms with van der Waals surface area (Å²) in [5.74, 6) is -0.809. The van der Waals surface area contributed by atoms with Gasteiger partial charge in [0.2, 0.25) is 5.91 Å². The van der Waals surface area contributed by atoms with Crippen LogP contribution >= 0.6 is 11.8 Å². The second-order valence-electron chi connectivity index (χ2n) is 2.57. The molecule has 1 aliphatic heterocycles. The molecule has 1 aliphatic rings. The van der Waals surface area contributed by atoms with Crippen molar-refractivity contribution in [3.05, 3.63) is 12.3 Å². The van der Waals surface area contributed by atoms with Crippen LogP contribution in [0.2, 0.25) is 0 Å². The molecule has 0 saturated heterocycles. The second kappa shape index (κ2) is 4.36. The number of hydrogen-bond donors (Lipinski definition) is 2. The number of rotatable bonds is 3. The van der Waals surface area contributed by atoms with Crippen LogP contribution in [0.25, 0.3) is 0 Å². The van der Waals surface area contributed by atoms with E-state index in [0.29, 0.717) is 0 Å². The number of carbonyl (C=O) groups is 2. The summed E-state index contributed by atoms with van der Waals surface area (Å²) in [5, 5.41) is 5.29. The van der Waals surface area contributed by atoms with Crippen molar-refractivity contribution in [3.63, 3.8) is 0 Å². The van der Waals surface area contributed by atoms with Crippen molar-refractivity contribution in [1.82, 2.24) is 10.6 Å². The highest BCUT2D eigenvalue weighted by atomic mass is 32.2. The van der Waals surface area contributed by atoms with Gasteiger partial charge < -0.3 is 15.4 Å². The maximum Gasteiger partial charge on any atom is 0.364 e. The van der Waals surface area contributed by atoms with E-state index in [2.05, 4.69) is 10.6 Å². The van der Waals surface area contributed by atoms with Gasteiger partial charge >= 0.3 is 5.97 Å². The summed E-state index contributed by atoms with van der Waals surface area (Å²) in [4.78, 5) is 21.5. The standard InChI is InChI=1S/C8H12N2O3S/c1-3-13-7(12)8(14-2)9-5-4-6(11)10-8/h4-5,9H,3H2,1-2H3,(H,10,11). The molecule has 6 heteroatoms. The van der Waals surface area contributed by atoms with Crippen molar-refractivity contribution in [3.8, 4) is 0 Å². The molecule has 1 heterocycles. The lowest BCUT2D eigenvalue weighted by Gasteiger charge is -2.32. The zero-order valence-corrected chi connectivity index (χ0v) is 8.81. The lowest BCUT2D eigenvalue weighted by molar-refractivity contribution is -0.149. The summed E-state index contributed by atoms with van der Waals surface area (Å²) in [6, 6.07) is 0. The van der Waals surface area contributed by atoms with Crippen LogP contribution in [0.15, 0.2) is 12.3 Å². The molecule has 0 aromatic carbocycles. The smallest absolute Gasteiger partial charge is 0.364 e. The van der Waals surface area contributed by atoms with Crippen LogP contribution in [0, 0.1) is 0 Å². The topological polar surface area (TPSA) is 67.4 Å². The lowest BCUT2D eigenvalue weighted by atomic mass is 10.3. The molecule has 1 unspecified atom stereocenters. The molecule has 0 saturated carbocycles. The van der Waals surface area contributed by atoms with E-state index in [1.807, 2.05) is 0 Å². The number of esters is 1. The first kappa shape index (κ1) is 10.9. The van der Waals surface area contributed by atoms with Crippen molar-refractivity contribution in [2.24, 2.45) is 0 Å². The average Bonchev–Trinajstić information content (AvgIpc) is 2.18. The Morgan fingerprint density at radius 1 is 1.71 bits per heavy atom. The van der Waals surface area contributed by atoms with Gasteiger partial charge in [-0.1, -0.05) is 0 Å². The number of amides is 1.